The summed E-state index contributed by atoms with van der Waals surface area (Å²) in [6.45, 7) is 3.75. The molecule has 0 aromatic heterocycles. The SMILES string of the molecule is CC1(C)SC(c2ccccc2)(c2ccccc2)N(C=O)C1C(=O)O. The van der Waals surface area contributed by atoms with Gasteiger partial charge in [-0.25, -0.2) is 4.79 Å². The number of carbonyl (C=O) groups excluding carboxylic acids is 1. The minimum atomic E-state index is -0.992. The van der Waals surface area contributed by atoms with Gasteiger partial charge in [0.1, 0.15) is 10.9 Å². The Hall–Kier alpha value is -2.27. The largest absolute Gasteiger partial charge is 0.480 e. The van der Waals surface area contributed by atoms with E-state index in [1.165, 1.54) is 16.7 Å². The lowest BCUT2D eigenvalue weighted by Gasteiger charge is -2.37. The molecule has 0 saturated carbocycles. The number of benzene rings is 2. The van der Waals surface area contributed by atoms with Crippen LogP contribution in [0.25, 0.3) is 0 Å². The molecule has 4 nitrogen and oxygen atoms in total. The van der Waals surface area contributed by atoms with Crippen LogP contribution in [0.15, 0.2) is 60.7 Å². The van der Waals surface area contributed by atoms with Crippen LogP contribution >= 0.6 is 11.8 Å². The maximum absolute atomic E-state index is 12.0. The Bertz CT molecular complexity index is 706. The van der Waals surface area contributed by atoms with E-state index in [4.69, 9.17) is 0 Å². The van der Waals surface area contributed by atoms with Crippen LogP contribution in [0.1, 0.15) is 25.0 Å². The first-order chi connectivity index (χ1) is 11.4. The molecule has 1 fully saturated rings. The molecule has 5 heteroatoms. The average Bonchev–Trinajstić information content (AvgIpc) is 2.84. The zero-order chi connectivity index (χ0) is 17.4. The first kappa shape index (κ1) is 16.6. The van der Waals surface area contributed by atoms with Gasteiger partial charge in [0.15, 0.2) is 0 Å². The number of rotatable bonds is 4. The highest BCUT2D eigenvalue weighted by Crippen LogP contribution is 2.59. The molecule has 1 saturated heterocycles. The minimum absolute atomic E-state index is 0.640. The van der Waals surface area contributed by atoms with Gasteiger partial charge in [0.05, 0.1) is 0 Å². The van der Waals surface area contributed by atoms with Gasteiger partial charge >= 0.3 is 5.97 Å². The van der Waals surface area contributed by atoms with Crippen LogP contribution < -0.4 is 0 Å². The smallest absolute Gasteiger partial charge is 0.327 e. The van der Waals surface area contributed by atoms with E-state index in [1.807, 2.05) is 74.5 Å². The van der Waals surface area contributed by atoms with Crippen molar-refractivity contribution in [1.82, 2.24) is 4.90 Å². The molecule has 0 radical (unpaired) electrons. The maximum Gasteiger partial charge on any atom is 0.327 e. The van der Waals surface area contributed by atoms with E-state index >= 15 is 0 Å². The van der Waals surface area contributed by atoms with Crippen molar-refractivity contribution in [3.63, 3.8) is 0 Å². The highest BCUT2D eigenvalue weighted by molar-refractivity contribution is 8.02. The third kappa shape index (κ3) is 2.40. The van der Waals surface area contributed by atoms with Crippen molar-refractivity contribution in [2.45, 2.75) is 29.5 Å². The van der Waals surface area contributed by atoms with Gasteiger partial charge in [0.2, 0.25) is 6.41 Å². The molecule has 0 spiro atoms. The molecule has 1 N–H and O–H groups in total. The first-order valence-electron chi connectivity index (χ1n) is 7.71. The molecule has 124 valence electrons. The van der Waals surface area contributed by atoms with Gasteiger partial charge in [-0.1, -0.05) is 60.7 Å². The van der Waals surface area contributed by atoms with Crippen molar-refractivity contribution in [3.05, 3.63) is 71.8 Å². The maximum atomic E-state index is 12.0. The molecular formula is C19H19NO3S. The molecule has 0 bridgehead atoms. The highest BCUT2D eigenvalue weighted by atomic mass is 32.2. The van der Waals surface area contributed by atoms with Crippen LogP contribution in [0.4, 0.5) is 0 Å². The lowest BCUT2D eigenvalue weighted by molar-refractivity contribution is -0.148. The fraction of sp³-hybridized carbons (Fsp3) is 0.263. The molecule has 2 aromatic carbocycles. The third-order valence-corrected chi connectivity index (χ3v) is 6.12. The Labute approximate surface area is 145 Å². The molecule has 24 heavy (non-hydrogen) atoms. The summed E-state index contributed by atoms with van der Waals surface area (Å²) in [6, 6.07) is 18.3. The Morgan fingerprint density at radius 1 is 1.04 bits per heavy atom. The number of nitrogens with zero attached hydrogens (tertiary/aromatic N) is 1. The van der Waals surface area contributed by atoms with E-state index < -0.39 is 21.6 Å². The number of thioether (sulfide) groups is 1. The summed E-state index contributed by atoms with van der Waals surface area (Å²) in [5.41, 5.74) is 1.79. The molecule has 1 unspecified atom stereocenters. The molecule has 0 aliphatic carbocycles. The van der Waals surface area contributed by atoms with Crippen molar-refractivity contribution < 1.29 is 14.7 Å². The van der Waals surface area contributed by atoms with E-state index in [2.05, 4.69) is 0 Å². The topological polar surface area (TPSA) is 57.6 Å². The van der Waals surface area contributed by atoms with E-state index in [0.717, 1.165) is 11.1 Å². The Kier molecular flexibility index (Phi) is 4.13. The normalized spacial score (nSPS) is 21.4. The van der Waals surface area contributed by atoms with Gasteiger partial charge in [0.25, 0.3) is 0 Å². The fourth-order valence-corrected chi connectivity index (χ4v) is 5.32. The molecule has 1 aliphatic rings. The number of hydrogen-bond acceptors (Lipinski definition) is 3. The van der Waals surface area contributed by atoms with E-state index in [0.29, 0.717) is 6.41 Å². The van der Waals surface area contributed by atoms with Gasteiger partial charge in [-0.3, -0.25) is 4.79 Å². The zero-order valence-corrected chi connectivity index (χ0v) is 14.4. The van der Waals surface area contributed by atoms with Crippen LogP contribution in [0.5, 0.6) is 0 Å². The Balaban J connectivity index is 2.30. The quantitative estimate of drug-likeness (QED) is 0.867. The molecular weight excluding hydrogens is 322 g/mol. The summed E-state index contributed by atoms with van der Waals surface area (Å²) in [7, 11) is 0. The van der Waals surface area contributed by atoms with Gasteiger partial charge in [-0.2, -0.15) is 0 Å². The lowest BCUT2D eigenvalue weighted by atomic mass is 9.93. The second-order valence-corrected chi connectivity index (χ2v) is 8.18. The summed E-state index contributed by atoms with van der Waals surface area (Å²) in [6.07, 6.45) is 0.667. The van der Waals surface area contributed by atoms with Crippen LogP contribution in [0.3, 0.4) is 0 Å². The van der Waals surface area contributed by atoms with Gasteiger partial charge in [-0.15, -0.1) is 11.8 Å². The van der Waals surface area contributed by atoms with Crippen LogP contribution in [-0.2, 0) is 14.5 Å². The predicted molar refractivity (Wildman–Crippen MR) is 94.7 cm³/mol. The second kappa shape index (κ2) is 5.98. The molecule has 1 atom stereocenters. The highest BCUT2D eigenvalue weighted by Gasteiger charge is 2.60. The summed E-state index contributed by atoms with van der Waals surface area (Å²) < 4.78 is -0.640. The minimum Gasteiger partial charge on any atom is -0.480 e. The monoisotopic (exact) mass is 341 g/mol. The van der Waals surface area contributed by atoms with Gasteiger partial charge < -0.3 is 10.0 Å². The van der Waals surface area contributed by atoms with Gasteiger partial charge in [-0.05, 0) is 25.0 Å². The standard InChI is InChI=1S/C19H19NO3S/c1-18(2)16(17(22)23)20(13-21)19(24-18,14-9-5-3-6-10-14)15-11-7-4-8-12-15/h3-13,16H,1-2H3,(H,22,23). The zero-order valence-electron chi connectivity index (χ0n) is 13.5. The van der Waals surface area contributed by atoms with E-state index in [9.17, 15) is 14.7 Å². The number of amides is 1. The van der Waals surface area contributed by atoms with Crippen molar-refractivity contribution in [3.8, 4) is 0 Å². The van der Waals surface area contributed by atoms with Crippen molar-refractivity contribution in [2.75, 3.05) is 0 Å². The number of aliphatic carboxylic acids is 1. The Morgan fingerprint density at radius 2 is 1.50 bits per heavy atom. The van der Waals surface area contributed by atoms with Crippen LogP contribution in [-0.4, -0.2) is 33.2 Å². The molecule has 1 aliphatic heterocycles. The van der Waals surface area contributed by atoms with Crippen LogP contribution in [0.2, 0.25) is 0 Å². The number of carbonyl (C=O) groups is 2. The van der Waals surface area contributed by atoms with E-state index in [1.54, 1.807) is 0 Å². The van der Waals surface area contributed by atoms with Crippen molar-refractivity contribution in [2.24, 2.45) is 0 Å². The van der Waals surface area contributed by atoms with Crippen molar-refractivity contribution >= 4 is 24.1 Å². The van der Waals surface area contributed by atoms with Gasteiger partial charge in [0, 0.05) is 4.75 Å². The first-order valence-corrected chi connectivity index (χ1v) is 8.53. The molecule has 1 amide bonds. The average molecular weight is 341 g/mol. The summed E-state index contributed by atoms with van der Waals surface area (Å²) >= 11 is 1.50. The molecule has 1 heterocycles. The summed E-state index contributed by atoms with van der Waals surface area (Å²) in [5, 5.41) is 9.76. The third-order valence-electron chi connectivity index (χ3n) is 4.39. The second-order valence-electron chi connectivity index (χ2n) is 6.34. The summed E-state index contributed by atoms with van der Waals surface area (Å²) in [4.78, 5) is 24.5. The van der Waals surface area contributed by atoms with Crippen LogP contribution in [0, 0.1) is 0 Å². The Morgan fingerprint density at radius 3 is 1.88 bits per heavy atom. The molecule has 3 rings (SSSR count). The number of carboxylic acid groups (broad SMARTS) is 1. The predicted octanol–water partition coefficient (Wildman–Crippen LogP) is 3.32. The fourth-order valence-electron chi connectivity index (χ4n) is 3.47. The lowest BCUT2D eigenvalue weighted by Crippen LogP contribution is -2.50. The number of hydrogen-bond donors (Lipinski definition) is 1. The summed E-state index contributed by atoms with van der Waals surface area (Å²) in [5.74, 6) is -0.992. The van der Waals surface area contributed by atoms with Crippen molar-refractivity contribution in [1.29, 1.82) is 0 Å². The van der Waals surface area contributed by atoms with E-state index in [-0.39, 0.29) is 0 Å². The number of carboxylic acids is 1. The molecule has 2 aromatic rings.